The van der Waals surface area contributed by atoms with Gasteiger partial charge in [0, 0.05) is 17.1 Å². The molecule has 0 fully saturated rings. The Morgan fingerprint density at radius 3 is 3.00 bits per heavy atom. The zero-order valence-corrected chi connectivity index (χ0v) is 12.6. The van der Waals surface area contributed by atoms with Crippen LogP contribution in [0.1, 0.15) is 17.2 Å². The van der Waals surface area contributed by atoms with Crippen LogP contribution in [-0.4, -0.2) is 36.8 Å². The molecule has 0 saturated heterocycles. The van der Waals surface area contributed by atoms with Crippen LogP contribution in [0.4, 0.5) is 4.39 Å². The lowest BCUT2D eigenvalue weighted by Gasteiger charge is -2.33. The molecule has 1 atom stereocenters. The number of carboxylic acid groups (broad SMARTS) is 1. The summed E-state index contributed by atoms with van der Waals surface area (Å²) in [7, 11) is 0. The summed E-state index contributed by atoms with van der Waals surface area (Å²) in [6, 6.07) is 3.50. The van der Waals surface area contributed by atoms with Crippen LogP contribution in [0.15, 0.2) is 18.2 Å². The Morgan fingerprint density at radius 2 is 2.27 bits per heavy atom. The maximum Gasteiger partial charge on any atom is 0.322 e. The maximum absolute atomic E-state index is 13.9. The van der Waals surface area contributed by atoms with Crippen LogP contribution < -0.4 is 0 Å². The number of aromatic nitrogens is 3. The van der Waals surface area contributed by atoms with Crippen molar-refractivity contribution < 1.29 is 14.3 Å². The summed E-state index contributed by atoms with van der Waals surface area (Å²) in [6.45, 7) is 2.46. The third-order valence-electron chi connectivity index (χ3n) is 3.82. The van der Waals surface area contributed by atoms with Gasteiger partial charge in [-0.1, -0.05) is 11.6 Å². The van der Waals surface area contributed by atoms with Gasteiger partial charge >= 0.3 is 5.97 Å². The molecule has 0 amide bonds. The zero-order valence-electron chi connectivity index (χ0n) is 11.8. The van der Waals surface area contributed by atoms with Crippen molar-refractivity contribution in [1.29, 1.82) is 0 Å². The fraction of sp³-hybridized carbons (Fsp3) is 0.357. The van der Waals surface area contributed by atoms with E-state index in [0.29, 0.717) is 28.8 Å². The van der Waals surface area contributed by atoms with E-state index in [0.717, 1.165) is 0 Å². The summed E-state index contributed by atoms with van der Waals surface area (Å²) in [5, 5.41) is 17.9. The summed E-state index contributed by atoms with van der Waals surface area (Å²) in [5.74, 6) is -0.00906. The van der Waals surface area contributed by atoms with Crippen molar-refractivity contribution in [3.8, 4) is 0 Å². The predicted octanol–water partition coefficient (Wildman–Crippen LogP) is 1.85. The molecule has 1 unspecified atom stereocenters. The molecule has 0 spiro atoms. The molecule has 0 radical (unpaired) electrons. The molecule has 0 aliphatic carbocycles. The molecule has 22 heavy (non-hydrogen) atoms. The minimum absolute atomic E-state index is 0.148. The van der Waals surface area contributed by atoms with Gasteiger partial charge in [-0.25, -0.2) is 4.39 Å². The Morgan fingerprint density at radius 1 is 1.50 bits per heavy atom. The third-order valence-corrected chi connectivity index (χ3v) is 4.05. The number of halogens is 2. The summed E-state index contributed by atoms with van der Waals surface area (Å²) in [6.07, 6.45) is 0. The Labute approximate surface area is 131 Å². The number of carboxylic acids is 1. The van der Waals surface area contributed by atoms with Gasteiger partial charge in [-0.3, -0.25) is 9.69 Å². The quantitative estimate of drug-likeness (QED) is 0.933. The molecule has 0 saturated carbocycles. The van der Waals surface area contributed by atoms with Gasteiger partial charge in [-0.2, -0.15) is 0 Å². The van der Waals surface area contributed by atoms with E-state index in [1.807, 2.05) is 0 Å². The second-order valence-electron chi connectivity index (χ2n) is 5.27. The number of aliphatic carboxylic acids is 1. The molecule has 1 aromatic carbocycles. The molecule has 1 aromatic heterocycles. The lowest BCUT2D eigenvalue weighted by atomic mass is 10.1. The highest BCUT2D eigenvalue weighted by Crippen LogP contribution is 2.23. The average Bonchev–Trinajstić information content (AvgIpc) is 2.83. The van der Waals surface area contributed by atoms with Crippen molar-refractivity contribution in [1.82, 2.24) is 19.7 Å². The van der Waals surface area contributed by atoms with Crippen molar-refractivity contribution in [3.05, 3.63) is 46.3 Å². The average molecular weight is 325 g/mol. The Kier molecular flexibility index (Phi) is 3.84. The lowest BCUT2D eigenvalue weighted by molar-refractivity contribution is -0.145. The van der Waals surface area contributed by atoms with Crippen molar-refractivity contribution >= 4 is 17.6 Å². The van der Waals surface area contributed by atoms with Gasteiger partial charge in [-0.05, 0) is 25.1 Å². The van der Waals surface area contributed by atoms with Crippen LogP contribution in [0.25, 0.3) is 0 Å². The van der Waals surface area contributed by atoms with Crippen LogP contribution in [0.3, 0.4) is 0 Å². The summed E-state index contributed by atoms with van der Waals surface area (Å²) in [5.41, 5.74) is 0.364. The van der Waals surface area contributed by atoms with E-state index >= 15 is 0 Å². The first-order valence-corrected chi connectivity index (χ1v) is 7.13. The van der Waals surface area contributed by atoms with E-state index in [1.54, 1.807) is 16.4 Å². The number of hydrogen-bond donors (Lipinski definition) is 1. The first-order chi connectivity index (χ1) is 10.5. The predicted molar refractivity (Wildman–Crippen MR) is 76.8 cm³/mol. The van der Waals surface area contributed by atoms with E-state index in [2.05, 4.69) is 10.2 Å². The second kappa shape index (κ2) is 5.66. The molecule has 1 aliphatic rings. The molecule has 0 bridgehead atoms. The van der Waals surface area contributed by atoms with Crippen LogP contribution >= 0.6 is 11.6 Å². The van der Waals surface area contributed by atoms with Gasteiger partial charge in [0.25, 0.3) is 0 Å². The number of nitrogens with zero attached hydrogens (tertiary/aromatic N) is 4. The Bertz CT molecular complexity index is 734. The molecule has 116 valence electrons. The highest BCUT2D eigenvalue weighted by molar-refractivity contribution is 6.30. The topological polar surface area (TPSA) is 71.2 Å². The van der Waals surface area contributed by atoms with E-state index in [1.165, 1.54) is 18.2 Å². The van der Waals surface area contributed by atoms with Crippen LogP contribution in [0.5, 0.6) is 0 Å². The number of fused-ring (bicyclic) bond motifs is 1. The minimum atomic E-state index is -0.957. The van der Waals surface area contributed by atoms with E-state index < -0.39 is 17.8 Å². The van der Waals surface area contributed by atoms with Gasteiger partial charge < -0.3 is 9.67 Å². The largest absolute Gasteiger partial charge is 0.480 e. The van der Waals surface area contributed by atoms with Crippen molar-refractivity contribution in [2.75, 3.05) is 0 Å². The zero-order chi connectivity index (χ0) is 15.9. The molecule has 6 nitrogen and oxygen atoms in total. The SMILES string of the molecule is Cc1nnc2n1CC(C(=O)O)N(Cc1cc(Cl)ccc1F)C2. The third kappa shape index (κ3) is 2.69. The van der Waals surface area contributed by atoms with Crippen molar-refractivity contribution in [3.63, 3.8) is 0 Å². The smallest absolute Gasteiger partial charge is 0.322 e. The van der Waals surface area contributed by atoms with Gasteiger partial charge in [0.15, 0.2) is 0 Å². The van der Waals surface area contributed by atoms with Crippen LogP contribution in [0.2, 0.25) is 5.02 Å². The maximum atomic E-state index is 13.9. The number of carbonyl (C=O) groups is 1. The van der Waals surface area contributed by atoms with E-state index in [9.17, 15) is 14.3 Å². The van der Waals surface area contributed by atoms with Gasteiger partial charge in [-0.15, -0.1) is 10.2 Å². The van der Waals surface area contributed by atoms with Gasteiger partial charge in [0.05, 0.1) is 13.1 Å². The molecule has 1 aliphatic heterocycles. The highest BCUT2D eigenvalue weighted by Gasteiger charge is 2.33. The molecule has 8 heteroatoms. The Hall–Kier alpha value is -1.99. The second-order valence-corrected chi connectivity index (χ2v) is 5.71. The lowest BCUT2D eigenvalue weighted by Crippen LogP contribution is -2.47. The molecular weight excluding hydrogens is 311 g/mol. The standard InChI is InChI=1S/C14H14ClFN4O2/c1-8-17-18-13-7-19(12(14(21)22)6-20(8)13)5-9-4-10(15)2-3-11(9)16/h2-4,12H,5-7H2,1H3,(H,21,22). The molecule has 3 rings (SSSR count). The number of hydrogen-bond acceptors (Lipinski definition) is 4. The summed E-state index contributed by atoms with van der Waals surface area (Å²) in [4.78, 5) is 13.2. The first-order valence-electron chi connectivity index (χ1n) is 6.75. The minimum Gasteiger partial charge on any atom is -0.480 e. The number of benzene rings is 1. The number of rotatable bonds is 3. The van der Waals surface area contributed by atoms with Gasteiger partial charge in [0.1, 0.15) is 23.5 Å². The monoisotopic (exact) mass is 324 g/mol. The normalized spacial score (nSPS) is 18.2. The molecule has 2 aromatic rings. The summed E-state index contributed by atoms with van der Waals surface area (Å²) >= 11 is 5.89. The van der Waals surface area contributed by atoms with Gasteiger partial charge in [0.2, 0.25) is 0 Å². The first kappa shape index (κ1) is 14.9. The van der Waals surface area contributed by atoms with E-state index in [-0.39, 0.29) is 13.1 Å². The highest BCUT2D eigenvalue weighted by atomic mass is 35.5. The summed E-state index contributed by atoms with van der Waals surface area (Å²) < 4.78 is 15.7. The fourth-order valence-electron chi connectivity index (χ4n) is 2.64. The van der Waals surface area contributed by atoms with Crippen molar-refractivity contribution in [2.24, 2.45) is 0 Å². The fourth-order valence-corrected chi connectivity index (χ4v) is 2.84. The van der Waals surface area contributed by atoms with E-state index in [4.69, 9.17) is 11.6 Å². The number of aryl methyl sites for hydroxylation is 1. The molecular formula is C14H14ClFN4O2. The van der Waals surface area contributed by atoms with Crippen molar-refractivity contribution in [2.45, 2.75) is 32.6 Å². The molecule has 1 N–H and O–H groups in total. The molecule has 2 heterocycles. The van der Waals surface area contributed by atoms with Crippen LogP contribution in [-0.2, 0) is 24.4 Å². The Balaban J connectivity index is 1.91. The van der Waals surface area contributed by atoms with Crippen LogP contribution in [0, 0.1) is 12.7 Å².